The highest BCUT2D eigenvalue weighted by Crippen LogP contribution is 2.35. The summed E-state index contributed by atoms with van der Waals surface area (Å²) in [5.74, 6) is -3.75. The summed E-state index contributed by atoms with van der Waals surface area (Å²) >= 11 is 0. The average Bonchev–Trinajstić information content (AvgIpc) is 3.85. The summed E-state index contributed by atoms with van der Waals surface area (Å²) in [6, 6.07) is 18.2. The topological polar surface area (TPSA) is 249 Å². The van der Waals surface area contributed by atoms with Gasteiger partial charge in [0.15, 0.2) is 0 Å². The number of carbonyl (C=O) groups is 4. The lowest BCUT2D eigenvalue weighted by atomic mass is 10.1. The van der Waals surface area contributed by atoms with Gasteiger partial charge in [0.2, 0.25) is 0 Å². The van der Waals surface area contributed by atoms with Gasteiger partial charge in [0.05, 0.1) is 22.3 Å². The van der Waals surface area contributed by atoms with Gasteiger partial charge in [-0.15, -0.1) is 0 Å². The fourth-order valence-electron chi connectivity index (χ4n) is 6.63. The van der Waals surface area contributed by atoms with Gasteiger partial charge in [-0.3, -0.25) is 0 Å². The number of aromatic carboxylic acids is 4. The normalized spacial score (nSPS) is 12.3. The second kappa shape index (κ2) is 10.8. The van der Waals surface area contributed by atoms with Gasteiger partial charge in [0.1, 0.15) is 33.9 Å². The van der Waals surface area contributed by atoms with Gasteiger partial charge in [-0.05, 0) is 72.8 Å². The molecule has 0 radical (unpaired) electrons. The monoisotopic (exact) mass is 691 g/mol. The van der Waals surface area contributed by atoms with E-state index in [0.717, 1.165) is 0 Å². The molecule has 15 nitrogen and oxygen atoms in total. The Hall–Kier alpha value is -7.81. The van der Waals surface area contributed by atoms with Gasteiger partial charge in [-0.2, -0.15) is 0 Å². The maximum atomic E-state index is 12.0. The first-order valence-corrected chi connectivity index (χ1v) is 15.6. The number of aromatic nitrogens is 4. The molecule has 8 bridgehead atoms. The summed E-state index contributed by atoms with van der Waals surface area (Å²) < 4.78 is 0. The molecule has 0 unspecified atom stereocenters. The van der Waals surface area contributed by atoms with E-state index in [1.807, 2.05) is 0 Å². The molecule has 0 amide bonds. The maximum absolute atomic E-state index is 12.0. The van der Waals surface area contributed by atoms with Crippen molar-refractivity contribution in [1.82, 2.24) is 19.9 Å². The number of carboxylic acid groups (broad SMARTS) is 4. The third-order valence-electron chi connectivity index (χ3n) is 9.12. The average molecular weight is 692 g/mol. The first-order valence-electron chi connectivity index (χ1n) is 15.6. The summed E-state index contributed by atoms with van der Waals surface area (Å²) in [6.45, 7) is 0. The first kappa shape index (κ1) is 30.3. The predicted molar refractivity (Wildman–Crippen MR) is 187 cm³/mol. The molecular formula is C37H21N7O8. The van der Waals surface area contributed by atoms with Crippen LogP contribution in [0.4, 0.5) is 17.5 Å². The maximum Gasteiger partial charge on any atom is 0.335 e. The van der Waals surface area contributed by atoms with Gasteiger partial charge in [-0.1, -0.05) is 6.07 Å². The molecule has 0 atom stereocenters. The van der Waals surface area contributed by atoms with Crippen LogP contribution in [0.2, 0.25) is 0 Å². The predicted octanol–water partition coefficient (Wildman–Crippen LogP) is 4.40. The van der Waals surface area contributed by atoms with Crippen molar-refractivity contribution in [2.75, 3.05) is 0 Å². The SMILES string of the molecule is O=C(O)c1ccc2c3[nH]c(c2c1)N=c1[nH]c(c2cc(C(=O)O)ccc12)=Nc1[nH]c(c2cc(C(=O)O)ccc12)N=c1[nH]c(c2cc(C(=O)O)ccc12)=C3. The van der Waals surface area contributed by atoms with Crippen LogP contribution in [0.5, 0.6) is 0 Å². The van der Waals surface area contributed by atoms with E-state index >= 15 is 0 Å². The number of fused-ring (bicyclic) bond motifs is 20. The van der Waals surface area contributed by atoms with Crippen molar-refractivity contribution in [3.8, 4) is 0 Å². The number of nitrogens with zero attached hydrogens (tertiary/aromatic N) is 3. The Balaban J connectivity index is 1.49. The minimum Gasteiger partial charge on any atom is -0.478 e. The van der Waals surface area contributed by atoms with E-state index in [1.165, 1.54) is 48.5 Å². The third kappa shape index (κ3) is 4.64. The van der Waals surface area contributed by atoms with E-state index in [2.05, 4.69) is 19.9 Å². The Kier molecular flexibility index (Phi) is 6.31. The van der Waals surface area contributed by atoms with Crippen molar-refractivity contribution < 1.29 is 39.6 Å². The Morgan fingerprint density at radius 2 is 0.808 bits per heavy atom. The lowest BCUT2D eigenvalue weighted by molar-refractivity contribution is 0.0686. The minimum absolute atomic E-state index is 0.00655. The van der Waals surface area contributed by atoms with E-state index in [-0.39, 0.29) is 45.2 Å². The fourth-order valence-corrected chi connectivity index (χ4v) is 6.63. The molecule has 0 fully saturated rings. The fraction of sp³-hybridized carbons (Fsp3) is 0. The molecule has 15 heteroatoms. The van der Waals surface area contributed by atoms with E-state index in [1.54, 1.807) is 30.3 Å². The Bertz CT molecular complexity index is 3000. The third-order valence-corrected chi connectivity index (χ3v) is 9.12. The summed E-state index contributed by atoms with van der Waals surface area (Å²) in [6.07, 6.45) is 1.74. The van der Waals surface area contributed by atoms with Crippen LogP contribution in [-0.4, -0.2) is 64.2 Å². The molecule has 1 aliphatic heterocycles. The Labute approximate surface area is 287 Å². The van der Waals surface area contributed by atoms with Gasteiger partial charge in [0.25, 0.3) is 0 Å². The zero-order chi connectivity index (χ0) is 36.0. The van der Waals surface area contributed by atoms with Crippen LogP contribution in [0.1, 0.15) is 47.1 Å². The zero-order valence-electron chi connectivity index (χ0n) is 26.3. The molecule has 5 heterocycles. The number of carboxylic acids is 4. The number of aromatic amines is 4. The van der Waals surface area contributed by atoms with Crippen molar-refractivity contribution in [3.05, 3.63) is 123 Å². The summed E-state index contributed by atoms with van der Waals surface area (Å²) in [5.41, 5.74) is 1.45. The molecule has 4 aromatic carbocycles. The van der Waals surface area contributed by atoms with Crippen LogP contribution in [0, 0.1) is 0 Å². The standard InChI is InChI=1S/C37H21N7O8/c45-34(46)14-2-6-19-22(9-14)27-13-26-18-5-1-15(35(47)48)10-23(18)31(38-26)41-29-20-7-3-17(37(51)52)12-25(20)33(42-29)44-30-21-8-4-16(36(49)50)11-24(21)32(43-30)40-28(19)39-27/h1-13H,(H,45,46)(H,47,48)(H,49,50)(H,51,52)(H4,38,39,40,41,42,43,44). The number of hydrogen-bond acceptors (Lipinski definition) is 7. The van der Waals surface area contributed by atoms with Gasteiger partial charge in [0, 0.05) is 54.1 Å². The number of nitrogens with one attached hydrogen (secondary N) is 4. The smallest absolute Gasteiger partial charge is 0.335 e. The van der Waals surface area contributed by atoms with Crippen LogP contribution in [-0.2, 0) is 0 Å². The van der Waals surface area contributed by atoms with Gasteiger partial charge in [-0.25, -0.2) is 34.2 Å². The van der Waals surface area contributed by atoms with E-state index in [0.29, 0.717) is 65.1 Å². The molecule has 1 aliphatic rings. The highest BCUT2D eigenvalue weighted by Gasteiger charge is 2.18. The summed E-state index contributed by atoms with van der Waals surface area (Å²) in [4.78, 5) is 75.6. The lowest BCUT2D eigenvalue weighted by Gasteiger charge is -1.97. The van der Waals surface area contributed by atoms with Crippen molar-refractivity contribution in [2.24, 2.45) is 15.0 Å². The Morgan fingerprint density at radius 3 is 1.38 bits per heavy atom. The van der Waals surface area contributed by atoms with E-state index < -0.39 is 23.9 Å². The Morgan fingerprint density at radius 1 is 0.404 bits per heavy atom. The summed E-state index contributed by atoms with van der Waals surface area (Å²) in [7, 11) is 0. The van der Waals surface area contributed by atoms with Crippen LogP contribution in [0.3, 0.4) is 0 Å². The molecule has 8 N–H and O–H groups in total. The number of benzene rings is 4. The lowest BCUT2D eigenvalue weighted by Crippen LogP contribution is -2.10. The molecule has 0 saturated carbocycles. The number of rotatable bonds is 4. The molecule has 0 saturated heterocycles. The molecule has 0 spiro atoms. The minimum atomic E-state index is -1.15. The second-order valence-corrected chi connectivity index (χ2v) is 12.2. The van der Waals surface area contributed by atoms with Crippen molar-refractivity contribution >= 4 is 90.5 Å². The van der Waals surface area contributed by atoms with Crippen LogP contribution >= 0.6 is 0 Å². The summed E-state index contributed by atoms with van der Waals surface area (Å²) in [5, 5.41) is 43.8. The van der Waals surface area contributed by atoms with E-state index in [9.17, 15) is 39.6 Å². The van der Waals surface area contributed by atoms with Crippen LogP contribution in [0.15, 0.2) is 87.8 Å². The van der Waals surface area contributed by atoms with Gasteiger partial charge < -0.3 is 40.4 Å². The molecule has 0 aliphatic carbocycles. The zero-order valence-corrected chi connectivity index (χ0v) is 26.3. The molecule has 4 aromatic heterocycles. The van der Waals surface area contributed by atoms with E-state index in [4.69, 9.17) is 15.0 Å². The quantitative estimate of drug-likeness (QED) is 0.131. The molecule has 8 aromatic rings. The van der Waals surface area contributed by atoms with Crippen molar-refractivity contribution in [2.45, 2.75) is 0 Å². The molecule has 52 heavy (non-hydrogen) atoms. The van der Waals surface area contributed by atoms with Crippen molar-refractivity contribution in [1.29, 1.82) is 0 Å². The highest BCUT2D eigenvalue weighted by molar-refractivity contribution is 6.05. The van der Waals surface area contributed by atoms with Crippen LogP contribution < -0.4 is 21.8 Å². The largest absolute Gasteiger partial charge is 0.478 e. The number of hydrogen-bond donors (Lipinski definition) is 8. The molecule has 252 valence electrons. The van der Waals surface area contributed by atoms with Crippen LogP contribution in [0.25, 0.3) is 49.2 Å². The number of H-pyrrole nitrogens is 4. The first-order chi connectivity index (χ1) is 25.0. The highest BCUT2D eigenvalue weighted by atomic mass is 16.4. The van der Waals surface area contributed by atoms with Gasteiger partial charge >= 0.3 is 23.9 Å². The second-order valence-electron chi connectivity index (χ2n) is 12.2. The molecular weight excluding hydrogens is 670 g/mol. The molecule has 9 rings (SSSR count). The van der Waals surface area contributed by atoms with Crippen molar-refractivity contribution in [3.63, 3.8) is 0 Å².